The SMILES string of the molecule is CC1=CC(C)C=C1c1ccccc1F. The molecule has 1 unspecified atom stereocenters. The van der Waals surface area contributed by atoms with Crippen LogP contribution in [0.3, 0.4) is 0 Å². The zero-order chi connectivity index (χ0) is 10.1. The first-order valence-electron chi connectivity index (χ1n) is 4.84. The van der Waals surface area contributed by atoms with E-state index in [9.17, 15) is 4.39 Å². The fraction of sp³-hybridized carbons (Fsp3) is 0.231. The Morgan fingerprint density at radius 2 is 1.86 bits per heavy atom. The van der Waals surface area contributed by atoms with E-state index in [1.165, 1.54) is 11.6 Å². The van der Waals surface area contributed by atoms with Crippen molar-refractivity contribution in [2.45, 2.75) is 13.8 Å². The van der Waals surface area contributed by atoms with Crippen molar-refractivity contribution in [2.75, 3.05) is 0 Å². The summed E-state index contributed by atoms with van der Waals surface area (Å²) in [6.45, 7) is 4.14. The summed E-state index contributed by atoms with van der Waals surface area (Å²) in [5, 5.41) is 0. The van der Waals surface area contributed by atoms with E-state index in [0.717, 1.165) is 5.57 Å². The highest BCUT2D eigenvalue weighted by molar-refractivity contribution is 5.81. The second kappa shape index (κ2) is 3.41. The van der Waals surface area contributed by atoms with E-state index >= 15 is 0 Å². The Morgan fingerprint density at radius 3 is 2.43 bits per heavy atom. The predicted octanol–water partition coefficient (Wildman–Crippen LogP) is 3.81. The first-order chi connectivity index (χ1) is 6.68. The molecule has 0 saturated heterocycles. The number of hydrogen-bond acceptors (Lipinski definition) is 0. The van der Waals surface area contributed by atoms with Gasteiger partial charge in [0.2, 0.25) is 0 Å². The van der Waals surface area contributed by atoms with Crippen molar-refractivity contribution in [3.63, 3.8) is 0 Å². The Balaban J connectivity index is 2.48. The lowest BCUT2D eigenvalue weighted by molar-refractivity contribution is 0.624. The molecule has 1 aliphatic carbocycles. The van der Waals surface area contributed by atoms with Crippen molar-refractivity contribution in [2.24, 2.45) is 5.92 Å². The summed E-state index contributed by atoms with van der Waals surface area (Å²) in [4.78, 5) is 0. The van der Waals surface area contributed by atoms with Gasteiger partial charge in [-0.05, 0) is 30.1 Å². The molecule has 0 spiro atoms. The van der Waals surface area contributed by atoms with Crippen LogP contribution in [-0.4, -0.2) is 0 Å². The van der Waals surface area contributed by atoms with Gasteiger partial charge in [-0.15, -0.1) is 0 Å². The van der Waals surface area contributed by atoms with E-state index in [1.54, 1.807) is 6.07 Å². The number of benzene rings is 1. The molecule has 0 fully saturated rings. The van der Waals surface area contributed by atoms with Gasteiger partial charge in [-0.1, -0.05) is 37.3 Å². The van der Waals surface area contributed by atoms with Crippen LogP contribution in [-0.2, 0) is 0 Å². The largest absolute Gasteiger partial charge is 0.206 e. The molecule has 1 atom stereocenters. The van der Waals surface area contributed by atoms with Crippen LogP contribution in [0, 0.1) is 11.7 Å². The standard InChI is InChI=1S/C13H13F/c1-9-7-10(2)12(8-9)11-5-3-4-6-13(11)14/h3-9H,1-2H3. The van der Waals surface area contributed by atoms with Gasteiger partial charge in [-0.3, -0.25) is 0 Å². The summed E-state index contributed by atoms with van der Waals surface area (Å²) in [7, 11) is 0. The van der Waals surface area contributed by atoms with Crippen LogP contribution >= 0.6 is 0 Å². The zero-order valence-corrected chi connectivity index (χ0v) is 8.42. The van der Waals surface area contributed by atoms with Gasteiger partial charge < -0.3 is 0 Å². The summed E-state index contributed by atoms with van der Waals surface area (Å²) in [5.74, 6) is 0.283. The minimum absolute atomic E-state index is 0.138. The van der Waals surface area contributed by atoms with E-state index in [4.69, 9.17) is 0 Å². The van der Waals surface area contributed by atoms with Gasteiger partial charge in [0.1, 0.15) is 5.82 Å². The van der Waals surface area contributed by atoms with Crippen molar-refractivity contribution >= 4 is 5.57 Å². The van der Waals surface area contributed by atoms with Crippen LogP contribution in [0.1, 0.15) is 19.4 Å². The van der Waals surface area contributed by atoms with Crippen molar-refractivity contribution in [3.05, 3.63) is 53.4 Å². The molecular weight excluding hydrogens is 175 g/mol. The molecule has 1 aromatic carbocycles. The van der Waals surface area contributed by atoms with Gasteiger partial charge in [0.05, 0.1) is 0 Å². The van der Waals surface area contributed by atoms with E-state index in [1.807, 2.05) is 19.1 Å². The van der Waals surface area contributed by atoms with Crippen LogP contribution < -0.4 is 0 Å². The molecule has 0 saturated carbocycles. The van der Waals surface area contributed by atoms with Crippen molar-refractivity contribution in [1.29, 1.82) is 0 Å². The Morgan fingerprint density at radius 1 is 1.14 bits per heavy atom. The maximum Gasteiger partial charge on any atom is 0.131 e. The van der Waals surface area contributed by atoms with E-state index in [2.05, 4.69) is 19.1 Å². The molecule has 0 nitrogen and oxygen atoms in total. The first-order valence-corrected chi connectivity index (χ1v) is 4.84. The molecule has 1 aliphatic rings. The number of rotatable bonds is 1. The van der Waals surface area contributed by atoms with E-state index in [-0.39, 0.29) is 5.82 Å². The highest BCUT2D eigenvalue weighted by atomic mass is 19.1. The molecule has 1 aromatic rings. The molecular formula is C13H13F. The highest BCUT2D eigenvalue weighted by Gasteiger charge is 2.14. The molecule has 0 heterocycles. The van der Waals surface area contributed by atoms with Crippen molar-refractivity contribution in [3.8, 4) is 0 Å². The Labute approximate surface area is 83.8 Å². The topological polar surface area (TPSA) is 0 Å². The van der Waals surface area contributed by atoms with E-state index < -0.39 is 0 Å². The molecule has 14 heavy (non-hydrogen) atoms. The van der Waals surface area contributed by atoms with Gasteiger partial charge in [0, 0.05) is 5.56 Å². The summed E-state index contributed by atoms with van der Waals surface area (Å²) in [6.07, 6.45) is 4.26. The van der Waals surface area contributed by atoms with Crippen LogP contribution in [0.4, 0.5) is 4.39 Å². The van der Waals surface area contributed by atoms with Crippen molar-refractivity contribution in [1.82, 2.24) is 0 Å². The van der Waals surface area contributed by atoms with Crippen LogP contribution in [0.25, 0.3) is 5.57 Å². The highest BCUT2D eigenvalue weighted by Crippen LogP contribution is 2.32. The second-order valence-corrected chi connectivity index (χ2v) is 3.77. The predicted molar refractivity (Wildman–Crippen MR) is 57.3 cm³/mol. The molecule has 0 amide bonds. The molecule has 1 heteroatoms. The maximum absolute atomic E-state index is 13.5. The first kappa shape index (κ1) is 9.20. The van der Waals surface area contributed by atoms with Gasteiger partial charge in [-0.25, -0.2) is 4.39 Å². The fourth-order valence-electron chi connectivity index (χ4n) is 1.91. The summed E-state index contributed by atoms with van der Waals surface area (Å²) in [5.41, 5.74) is 2.92. The molecule has 2 rings (SSSR count). The fourth-order valence-corrected chi connectivity index (χ4v) is 1.91. The number of hydrogen-bond donors (Lipinski definition) is 0. The molecule has 72 valence electrons. The van der Waals surface area contributed by atoms with Crippen molar-refractivity contribution < 1.29 is 4.39 Å². The monoisotopic (exact) mass is 188 g/mol. The average Bonchev–Trinajstić information content (AvgIpc) is 2.46. The lowest BCUT2D eigenvalue weighted by Crippen LogP contribution is -1.88. The van der Waals surface area contributed by atoms with Gasteiger partial charge in [-0.2, -0.15) is 0 Å². The summed E-state index contributed by atoms with van der Waals surface area (Å²) < 4.78 is 13.5. The lowest BCUT2D eigenvalue weighted by atomic mass is 10.0. The van der Waals surface area contributed by atoms with E-state index in [0.29, 0.717) is 11.5 Å². The number of allylic oxidation sites excluding steroid dienone is 4. The van der Waals surface area contributed by atoms with Gasteiger partial charge in [0.25, 0.3) is 0 Å². The second-order valence-electron chi connectivity index (χ2n) is 3.77. The average molecular weight is 188 g/mol. The lowest BCUT2D eigenvalue weighted by Gasteiger charge is -2.05. The summed E-state index contributed by atoms with van der Waals surface area (Å²) >= 11 is 0. The zero-order valence-electron chi connectivity index (χ0n) is 8.42. The maximum atomic E-state index is 13.5. The smallest absolute Gasteiger partial charge is 0.131 e. The van der Waals surface area contributed by atoms with Gasteiger partial charge in [0.15, 0.2) is 0 Å². The quantitative estimate of drug-likeness (QED) is 0.628. The van der Waals surface area contributed by atoms with Gasteiger partial charge >= 0.3 is 0 Å². The number of halogens is 1. The summed E-state index contributed by atoms with van der Waals surface area (Å²) in [6, 6.07) is 6.93. The third kappa shape index (κ3) is 1.50. The third-order valence-electron chi connectivity index (χ3n) is 2.53. The van der Waals surface area contributed by atoms with Crippen LogP contribution in [0.15, 0.2) is 42.0 Å². The molecule has 0 radical (unpaired) electrons. The molecule has 0 N–H and O–H groups in total. The van der Waals surface area contributed by atoms with Crippen LogP contribution in [0.5, 0.6) is 0 Å². The Hall–Kier alpha value is -1.37. The normalized spacial score (nSPS) is 20.6. The minimum atomic E-state index is -0.138. The molecule has 0 aromatic heterocycles. The minimum Gasteiger partial charge on any atom is -0.206 e. The molecule has 0 bridgehead atoms. The third-order valence-corrected chi connectivity index (χ3v) is 2.53. The Bertz CT molecular complexity index is 413. The van der Waals surface area contributed by atoms with Crippen LogP contribution in [0.2, 0.25) is 0 Å². The Kier molecular flexibility index (Phi) is 2.24. The molecule has 0 aliphatic heterocycles.